The number of benzene rings is 3. The van der Waals surface area contributed by atoms with Gasteiger partial charge in [0.2, 0.25) is 5.89 Å². The molecule has 4 aromatic rings. The molecule has 0 fully saturated rings. The summed E-state index contributed by atoms with van der Waals surface area (Å²) in [5, 5.41) is 5.65. The molecule has 1 aromatic heterocycles. The molecule has 3 aromatic carbocycles. The highest BCUT2D eigenvalue weighted by Gasteiger charge is 2.12. The summed E-state index contributed by atoms with van der Waals surface area (Å²) >= 11 is 5.21. The quantitative estimate of drug-likeness (QED) is 0.437. The van der Waals surface area contributed by atoms with Crippen LogP contribution in [0.3, 0.4) is 0 Å². The lowest BCUT2D eigenvalue weighted by Crippen LogP contribution is -2.34. The Labute approximate surface area is 177 Å². The van der Waals surface area contributed by atoms with E-state index in [9.17, 15) is 9.18 Å². The van der Waals surface area contributed by atoms with E-state index in [4.69, 9.17) is 16.6 Å². The number of aromatic nitrogens is 1. The summed E-state index contributed by atoms with van der Waals surface area (Å²) in [4.78, 5) is 16.8. The fourth-order valence-electron chi connectivity index (χ4n) is 2.94. The van der Waals surface area contributed by atoms with Crippen molar-refractivity contribution in [2.24, 2.45) is 0 Å². The van der Waals surface area contributed by atoms with E-state index in [0.29, 0.717) is 28.2 Å². The molecule has 0 atom stereocenters. The average Bonchev–Trinajstić information content (AvgIpc) is 3.13. The second-order valence-corrected chi connectivity index (χ2v) is 7.32. The highest BCUT2D eigenvalue weighted by atomic mass is 32.1. The van der Waals surface area contributed by atoms with Gasteiger partial charge in [-0.1, -0.05) is 6.07 Å². The lowest BCUT2D eigenvalue weighted by atomic mass is 10.1. The molecule has 0 radical (unpaired) electrons. The average molecular weight is 419 g/mol. The van der Waals surface area contributed by atoms with E-state index in [1.54, 1.807) is 18.2 Å². The summed E-state index contributed by atoms with van der Waals surface area (Å²) in [5.74, 6) is -0.294. The highest BCUT2D eigenvalue weighted by molar-refractivity contribution is 7.80. The number of amides is 1. The van der Waals surface area contributed by atoms with E-state index in [2.05, 4.69) is 22.5 Å². The van der Waals surface area contributed by atoms with Crippen molar-refractivity contribution in [1.29, 1.82) is 0 Å². The first kappa shape index (κ1) is 19.7. The van der Waals surface area contributed by atoms with Crippen LogP contribution >= 0.6 is 12.2 Å². The van der Waals surface area contributed by atoms with Gasteiger partial charge in [-0.05, 0) is 91.8 Å². The Hall–Kier alpha value is -3.58. The zero-order chi connectivity index (χ0) is 21.3. The van der Waals surface area contributed by atoms with Crippen LogP contribution < -0.4 is 10.6 Å². The maximum absolute atomic E-state index is 13.0. The highest BCUT2D eigenvalue weighted by Crippen LogP contribution is 2.27. The predicted molar refractivity (Wildman–Crippen MR) is 119 cm³/mol. The Morgan fingerprint density at radius 1 is 1.00 bits per heavy atom. The van der Waals surface area contributed by atoms with Crippen molar-refractivity contribution in [3.63, 3.8) is 0 Å². The van der Waals surface area contributed by atoms with Gasteiger partial charge in [0.05, 0.1) is 0 Å². The van der Waals surface area contributed by atoms with Crippen LogP contribution in [0.5, 0.6) is 0 Å². The smallest absolute Gasteiger partial charge is 0.257 e. The molecule has 150 valence electrons. The number of nitrogens with zero attached hydrogens (tertiary/aromatic N) is 1. The van der Waals surface area contributed by atoms with Gasteiger partial charge in [0.1, 0.15) is 11.3 Å². The lowest BCUT2D eigenvalue weighted by Gasteiger charge is -2.09. The van der Waals surface area contributed by atoms with Gasteiger partial charge in [0, 0.05) is 16.8 Å². The Bertz CT molecular complexity index is 1270. The van der Waals surface area contributed by atoms with Crippen LogP contribution in [0.2, 0.25) is 0 Å². The van der Waals surface area contributed by atoms with Crippen molar-refractivity contribution in [3.05, 3.63) is 83.2 Å². The molecule has 0 saturated carbocycles. The number of nitrogens with one attached hydrogen (secondary N) is 2. The van der Waals surface area contributed by atoms with E-state index < -0.39 is 11.7 Å². The van der Waals surface area contributed by atoms with Crippen LogP contribution in [0.25, 0.3) is 22.6 Å². The summed E-state index contributed by atoms with van der Waals surface area (Å²) < 4.78 is 18.9. The summed E-state index contributed by atoms with van der Waals surface area (Å²) in [7, 11) is 0. The van der Waals surface area contributed by atoms with Crippen molar-refractivity contribution in [3.8, 4) is 11.5 Å². The van der Waals surface area contributed by atoms with Crippen molar-refractivity contribution in [1.82, 2.24) is 10.3 Å². The summed E-state index contributed by atoms with van der Waals surface area (Å²) in [6.45, 7) is 4.10. The number of halogens is 1. The van der Waals surface area contributed by atoms with Gasteiger partial charge in [-0.25, -0.2) is 9.37 Å². The second-order valence-electron chi connectivity index (χ2n) is 6.92. The zero-order valence-corrected chi connectivity index (χ0v) is 17.1. The third kappa shape index (κ3) is 4.21. The van der Waals surface area contributed by atoms with Crippen molar-refractivity contribution < 1.29 is 13.6 Å². The number of rotatable bonds is 3. The molecule has 7 heteroatoms. The van der Waals surface area contributed by atoms with Gasteiger partial charge < -0.3 is 9.73 Å². The fraction of sp³-hybridized carbons (Fsp3) is 0.0870. The summed E-state index contributed by atoms with van der Waals surface area (Å²) in [5.41, 5.74) is 5.57. The largest absolute Gasteiger partial charge is 0.436 e. The van der Waals surface area contributed by atoms with E-state index in [-0.39, 0.29) is 5.11 Å². The van der Waals surface area contributed by atoms with Gasteiger partial charge >= 0.3 is 0 Å². The van der Waals surface area contributed by atoms with Crippen molar-refractivity contribution in [2.45, 2.75) is 13.8 Å². The first-order valence-electron chi connectivity index (χ1n) is 9.25. The number of anilines is 1. The Balaban J connectivity index is 1.49. The number of carbonyl (C=O) groups is 1. The fourth-order valence-corrected chi connectivity index (χ4v) is 3.15. The van der Waals surface area contributed by atoms with Crippen LogP contribution in [0.4, 0.5) is 10.1 Å². The molecule has 1 amide bonds. The monoisotopic (exact) mass is 419 g/mol. The summed E-state index contributed by atoms with van der Waals surface area (Å²) in [6.07, 6.45) is 0. The van der Waals surface area contributed by atoms with Gasteiger partial charge in [-0.15, -0.1) is 0 Å². The standard InChI is InChI=1S/C23H18FN3O2S/c1-13-3-4-16(11-14(13)2)22-26-19-12-18(9-10-20(19)29-22)25-23(30)27-21(28)15-5-7-17(24)8-6-15/h3-12H,1-2H3,(H2,25,27,28,30). The summed E-state index contributed by atoms with van der Waals surface area (Å²) in [6, 6.07) is 16.6. The Kier molecular flexibility index (Phi) is 5.29. The van der Waals surface area contributed by atoms with Crippen LogP contribution in [-0.4, -0.2) is 16.0 Å². The third-order valence-corrected chi connectivity index (χ3v) is 4.94. The molecular weight excluding hydrogens is 401 g/mol. The normalized spacial score (nSPS) is 10.8. The molecule has 0 bridgehead atoms. The molecule has 1 heterocycles. The van der Waals surface area contributed by atoms with E-state index in [0.717, 1.165) is 5.56 Å². The first-order chi connectivity index (χ1) is 14.4. The van der Waals surface area contributed by atoms with Crippen molar-refractivity contribution in [2.75, 3.05) is 5.32 Å². The number of hydrogen-bond donors (Lipinski definition) is 2. The SMILES string of the molecule is Cc1ccc(-c2nc3cc(NC(=S)NC(=O)c4ccc(F)cc4)ccc3o2)cc1C. The molecule has 0 unspecified atom stereocenters. The van der Waals surface area contributed by atoms with E-state index in [1.807, 2.05) is 25.1 Å². The number of thiocarbonyl (C=S) groups is 1. The van der Waals surface area contributed by atoms with E-state index in [1.165, 1.54) is 35.4 Å². The predicted octanol–water partition coefficient (Wildman–Crippen LogP) is 5.38. The number of hydrogen-bond acceptors (Lipinski definition) is 4. The van der Waals surface area contributed by atoms with Crippen LogP contribution in [-0.2, 0) is 0 Å². The Morgan fingerprint density at radius 2 is 1.77 bits per heavy atom. The van der Waals surface area contributed by atoms with Gasteiger partial charge in [0.25, 0.3) is 5.91 Å². The topological polar surface area (TPSA) is 67.2 Å². The zero-order valence-electron chi connectivity index (χ0n) is 16.3. The minimum atomic E-state index is -0.424. The first-order valence-corrected chi connectivity index (χ1v) is 9.66. The van der Waals surface area contributed by atoms with Crippen LogP contribution in [0.15, 0.2) is 65.1 Å². The number of carbonyl (C=O) groups excluding carboxylic acids is 1. The molecule has 4 rings (SSSR count). The van der Waals surface area contributed by atoms with Gasteiger partial charge in [-0.2, -0.15) is 0 Å². The minimum Gasteiger partial charge on any atom is -0.436 e. The molecule has 5 nitrogen and oxygen atoms in total. The molecular formula is C23H18FN3O2S. The lowest BCUT2D eigenvalue weighted by molar-refractivity contribution is 0.0977. The minimum absolute atomic E-state index is 0.126. The molecule has 2 N–H and O–H groups in total. The third-order valence-electron chi connectivity index (χ3n) is 4.73. The Morgan fingerprint density at radius 3 is 2.50 bits per heavy atom. The van der Waals surface area contributed by atoms with Crippen LogP contribution in [0.1, 0.15) is 21.5 Å². The molecule has 0 aliphatic carbocycles. The number of oxazole rings is 1. The molecule has 30 heavy (non-hydrogen) atoms. The maximum Gasteiger partial charge on any atom is 0.257 e. The van der Waals surface area contributed by atoms with Crippen molar-refractivity contribution >= 4 is 40.0 Å². The maximum atomic E-state index is 13.0. The van der Waals surface area contributed by atoms with E-state index >= 15 is 0 Å². The number of fused-ring (bicyclic) bond motifs is 1. The molecule has 0 aliphatic rings. The van der Waals surface area contributed by atoms with Gasteiger partial charge in [-0.3, -0.25) is 10.1 Å². The van der Waals surface area contributed by atoms with Gasteiger partial charge in [0.15, 0.2) is 10.7 Å². The van der Waals surface area contributed by atoms with Crippen LogP contribution in [0, 0.1) is 19.7 Å². The molecule has 0 saturated heterocycles. The molecule has 0 spiro atoms. The molecule has 0 aliphatic heterocycles. The number of aryl methyl sites for hydroxylation is 2. The second kappa shape index (κ2) is 8.04.